The summed E-state index contributed by atoms with van der Waals surface area (Å²) in [5.74, 6) is 2.74. The summed E-state index contributed by atoms with van der Waals surface area (Å²) >= 11 is 2.09. The van der Waals surface area contributed by atoms with Crippen LogP contribution < -0.4 is 0 Å². The molecule has 0 aliphatic heterocycles. The van der Waals surface area contributed by atoms with E-state index < -0.39 is 6.10 Å². The highest BCUT2D eigenvalue weighted by Crippen LogP contribution is 2.10. The van der Waals surface area contributed by atoms with E-state index in [9.17, 15) is 9.90 Å². The highest BCUT2D eigenvalue weighted by atomic mass is 127. The van der Waals surface area contributed by atoms with Crippen LogP contribution in [0, 0.1) is 11.2 Å². The quantitative estimate of drug-likeness (QED) is 0.514. The number of carbonyl (C=O) groups is 1. The van der Waals surface area contributed by atoms with Gasteiger partial charge in [0.25, 0.3) is 5.91 Å². The van der Waals surface area contributed by atoms with E-state index in [0.29, 0.717) is 17.5 Å². The van der Waals surface area contributed by atoms with E-state index in [1.54, 1.807) is 19.3 Å². The molecule has 138 valence electrons. The Labute approximate surface area is 172 Å². The Morgan fingerprint density at radius 2 is 2.00 bits per heavy atom. The van der Waals surface area contributed by atoms with Crippen molar-refractivity contribution in [2.45, 2.75) is 26.4 Å². The van der Waals surface area contributed by atoms with E-state index in [1.807, 2.05) is 44.2 Å². The lowest BCUT2D eigenvalue weighted by Crippen LogP contribution is -2.35. The normalized spacial score (nSPS) is 10.7. The number of hydrogen-bond donors (Lipinski definition) is 1. The van der Waals surface area contributed by atoms with E-state index in [4.69, 9.17) is 0 Å². The Balaban J connectivity index is 0.00000163. The molecule has 1 heterocycles. The number of nitrogens with zero attached hydrogens (tertiary/aromatic N) is 2. The van der Waals surface area contributed by atoms with E-state index in [2.05, 4.69) is 37.4 Å². The van der Waals surface area contributed by atoms with Crippen LogP contribution in [-0.2, 0) is 6.42 Å². The second kappa shape index (κ2) is 12.7. The third kappa shape index (κ3) is 7.77. The van der Waals surface area contributed by atoms with E-state index >= 15 is 0 Å². The first kappa shape index (κ1) is 22.5. The van der Waals surface area contributed by atoms with Gasteiger partial charge < -0.3 is 10.0 Å². The van der Waals surface area contributed by atoms with Crippen molar-refractivity contribution in [2.75, 3.05) is 13.6 Å². The Bertz CT molecular complexity index is 744. The van der Waals surface area contributed by atoms with Crippen molar-refractivity contribution in [3.05, 3.63) is 65.5 Å². The second-order valence-corrected chi connectivity index (χ2v) is 6.98. The molecule has 0 aliphatic carbocycles. The minimum atomic E-state index is -0.618. The maximum atomic E-state index is 12.5. The number of carbonyl (C=O) groups excluding carboxylic acids is 1. The van der Waals surface area contributed by atoms with Crippen LogP contribution in [0.3, 0.4) is 0 Å². The standard InChI is InChI=1S/C18H17IN2O2S.C2H6/c1-21(13-17(22)10-14-5-3-2-4-6-14)18(23)16-9-15(7-8-24-19)11-20-12-16;1-2/h2-6,9,11-12,17,22H,10,13H2,1H3;1-2H3. The summed E-state index contributed by atoms with van der Waals surface area (Å²) in [6.07, 6.45) is 3.04. The molecule has 2 aromatic rings. The number of hydrogen-bond acceptors (Lipinski definition) is 4. The molecule has 26 heavy (non-hydrogen) atoms. The number of aliphatic hydroxyl groups excluding tert-OH is 1. The van der Waals surface area contributed by atoms with Gasteiger partial charge in [0, 0.05) is 59.2 Å². The topological polar surface area (TPSA) is 53.4 Å². The Hall–Kier alpha value is -1.56. The van der Waals surface area contributed by atoms with Gasteiger partial charge in [0.15, 0.2) is 0 Å². The Morgan fingerprint density at radius 1 is 1.31 bits per heavy atom. The van der Waals surface area contributed by atoms with Gasteiger partial charge in [-0.3, -0.25) is 9.78 Å². The third-order valence-corrected chi connectivity index (χ3v) is 4.20. The molecule has 6 heteroatoms. The minimum absolute atomic E-state index is 0.180. The Morgan fingerprint density at radius 3 is 2.65 bits per heavy atom. The Kier molecular flexibility index (Phi) is 11.0. The summed E-state index contributed by atoms with van der Waals surface area (Å²) in [6.45, 7) is 4.26. The summed E-state index contributed by atoms with van der Waals surface area (Å²) < 4.78 is 0. The molecular weight excluding hydrogens is 459 g/mol. The maximum Gasteiger partial charge on any atom is 0.255 e. The second-order valence-electron chi connectivity index (χ2n) is 5.30. The summed E-state index contributed by atoms with van der Waals surface area (Å²) in [4.78, 5) is 18.1. The SMILES string of the molecule is CC.CN(CC(O)Cc1ccccc1)C(=O)c1cncc(C#CSI)c1. The van der Waals surface area contributed by atoms with Gasteiger partial charge in [0.1, 0.15) is 0 Å². The summed E-state index contributed by atoms with van der Waals surface area (Å²) in [5, 5.41) is 13.1. The molecule has 2 rings (SSSR count). The predicted molar refractivity (Wildman–Crippen MR) is 117 cm³/mol. The van der Waals surface area contributed by atoms with Crippen molar-refractivity contribution in [1.82, 2.24) is 9.88 Å². The first-order valence-electron chi connectivity index (χ1n) is 8.31. The average Bonchev–Trinajstić information content (AvgIpc) is 2.68. The predicted octanol–water partition coefficient (Wildman–Crippen LogP) is 4.18. The van der Waals surface area contributed by atoms with Gasteiger partial charge in [-0.25, -0.2) is 0 Å². The van der Waals surface area contributed by atoms with Gasteiger partial charge in [0.05, 0.1) is 11.7 Å². The summed E-state index contributed by atoms with van der Waals surface area (Å²) in [7, 11) is 3.06. The van der Waals surface area contributed by atoms with Crippen LogP contribution in [0.15, 0.2) is 48.8 Å². The molecule has 0 bridgehead atoms. The molecule has 0 saturated carbocycles. The van der Waals surface area contributed by atoms with Crippen molar-refractivity contribution in [3.8, 4) is 11.2 Å². The fraction of sp³-hybridized carbons (Fsp3) is 0.300. The zero-order valence-corrected chi connectivity index (χ0v) is 18.1. The summed E-state index contributed by atoms with van der Waals surface area (Å²) in [6, 6.07) is 11.4. The molecule has 0 spiro atoms. The molecule has 1 amide bonds. The lowest BCUT2D eigenvalue weighted by Gasteiger charge is -2.21. The van der Waals surface area contributed by atoms with Gasteiger partial charge in [-0.1, -0.05) is 50.1 Å². The van der Waals surface area contributed by atoms with Crippen LogP contribution in [-0.4, -0.2) is 40.6 Å². The number of likely N-dealkylation sites (N-methyl/N-ethyl adjacent to an activating group) is 1. The van der Waals surface area contributed by atoms with E-state index in [-0.39, 0.29) is 12.5 Å². The minimum Gasteiger partial charge on any atom is -0.391 e. The van der Waals surface area contributed by atoms with E-state index in [1.165, 1.54) is 20.0 Å². The van der Waals surface area contributed by atoms with Crippen molar-refractivity contribution < 1.29 is 9.90 Å². The van der Waals surface area contributed by atoms with Gasteiger partial charge >= 0.3 is 0 Å². The van der Waals surface area contributed by atoms with Crippen LogP contribution in [0.25, 0.3) is 0 Å². The third-order valence-electron chi connectivity index (χ3n) is 3.36. The van der Waals surface area contributed by atoms with Gasteiger partial charge in [-0.15, -0.1) is 0 Å². The van der Waals surface area contributed by atoms with Crippen molar-refractivity contribution >= 4 is 36.0 Å². The maximum absolute atomic E-state index is 12.5. The first-order chi connectivity index (χ1) is 12.6. The van der Waals surface area contributed by atoms with Gasteiger partial charge in [-0.2, -0.15) is 0 Å². The molecule has 1 unspecified atom stereocenters. The number of benzene rings is 1. The molecule has 1 aromatic heterocycles. The highest BCUT2D eigenvalue weighted by Gasteiger charge is 2.16. The molecule has 1 N–H and O–H groups in total. The van der Waals surface area contributed by atoms with Crippen molar-refractivity contribution in [2.24, 2.45) is 0 Å². The zero-order chi connectivity index (χ0) is 19.4. The molecule has 0 radical (unpaired) electrons. The number of pyridine rings is 1. The number of aliphatic hydroxyl groups is 1. The number of amides is 1. The number of aromatic nitrogens is 1. The van der Waals surface area contributed by atoms with Crippen LogP contribution in [0.1, 0.15) is 35.3 Å². The first-order valence-corrected chi connectivity index (χ1v) is 11.7. The molecule has 4 nitrogen and oxygen atoms in total. The molecule has 0 saturated heterocycles. The monoisotopic (exact) mass is 482 g/mol. The van der Waals surface area contributed by atoms with Crippen LogP contribution in [0.4, 0.5) is 0 Å². The molecule has 1 atom stereocenters. The van der Waals surface area contributed by atoms with Crippen LogP contribution in [0.5, 0.6) is 0 Å². The fourth-order valence-corrected chi connectivity index (χ4v) is 2.76. The van der Waals surface area contributed by atoms with Crippen molar-refractivity contribution in [3.63, 3.8) is 0 Å². The van der Waals surface area contributed by atoms with Crippen LogP contribution >= 0.6 is 30.1 Å². The molecule has 0 aliphatic rings. The summed E-state index contributed by atoms with van der Waals surface area (Å²) in [5.41, 5.74) is 2.21. The van der Waals surface area contributed by atoms with Gasteiger partial charge in [-0.05, 0) is 25.8 Å². The lowest BCUT2D eigenvalue weighted by atomic mass is 10.1. The molecular formula is C20H23IN2O2S. The van der Waals surface area contributed by atoms with E-state index in [0.717, 1.165) is 5.56 Å². The number of rotatable bonds is 5. The lowest BCUT2D eigenvalue weighted by molar-refractivity contribution is 0.0681. The van der Waals surface area contributed by atoms with Crippen LogP contribution in [0.2, 0.25) is 0 Å². The fourth-order valence-electron chi connectivity index (χ4n) is 2.27. The largest absolute Gasteiger partial charge is 0.391 e. The average molecular weight is 482 g/mol. The molecule has 0 fully saturated rings. The smallest absolute Gasteiger partial charge is 0.255 e. The van der Waals surface area contributed by atoms with Gasteiger partial charge in [0.2, 0.25) is 0 Å². The highest BCUT2D eigenvalue weighted by molar-refractivity contribution is 14.2. The van der Waals surface area contributed by atoms with Crippen molar-refractivity contribution in [1.29, 1.82) is 0 Å². The molecule has 1 aromatic carbocycles. The zero-order valence-electron chi connectivity index (χ0n) is 15.1. The number of halogens is 1.